The van der Waals surface area contributed by atoms with Gasteiger partial charge in [0, 0.05) is 20.1 Å². The smallest absolute Gasteiger partial charge is 0.334 e. The number of carbonyl (C=O) groups excluding carboxylic acids is 3. The number of aliphatic carboxylic acids is 1. The molecule has 3 rings (SSSR count). The number of hydrogen-bond acceptors (Lipinski definition) is 5. The molecule has 2 aliphatic rings. The Labute approximate surface area is 181 Å². The van der Waals surface area contributed by atoms with Gasteiger partial charge in [0.05, 0.1) is 19.5 Å². The molecule has 31 heavy (non-hydrogen) atoms. The third-order valence-electron chi connectivity index (χ3n) is 5.39. The van der Waals surface area contributed by atoms with Gasteiger partial charge in [0.1, 0.15) is 12.2 Å². The van der Waals surface area contributed by atoms with E-state index in [1.165, 1.54) is 14.9 Å². The average Bonchev–Trinajstić information content (AvgIpc) is 2.69. The minimum Gasteiger partial charge on any atom is -0.481 e. The van der Waals surface area contributed by atoms with Crippen LogP contribution in [0.5, 0.6) is 0 Å². The lowest BCUT2D eigenvalue weighted by atomic mass is 10.0. The van der Waals surface area contributed by atoms with Crippen molar-refractivity contribution in [2.24, 2.45) is 5.92 Å². The summed E-state index contributed by atoms with van der Waals surface area (Å²) in [6.45, 7) is 4.63. The van der Waals surface area contributed by atoms with E-state index in [1.807, 2.05) is 44.2 Å². The quantitative estimate of drug-likeness (QED) is 0.680. The molecule has 0 spiro atoms. The van der Waals surface area contributed by atoms with Gasteiger partial charge in [0.2, 0.25) is 11.8 Å². The molecule has 0 aromatic heterocycles. The van der Waals surface area contributed by atoms with Crippen LogP contribution in [0.4, 0.5) is 4.79 Å². The molecule has 2 saturated heterocycles. The standard InChI is InChI=1S/C21H29N5O5/c1-14(2)11-24-12-17-25(16(20(24)30)9-19(28)29)18(27)13-23(3)26(17)21(31)22-10-15-7-5-4-6-8-15/h4-8,14,16-17H,9-13H2,1-3H3,(H,22,31)(H,28,29)/t16?,17-/m0/s1. The van der Waals surface area contributed by atoms with Crippen LogP contribution in [-0.2, 0) is 20.9 Å². The first-order valence-corrected chi connectivity index (χ1v) is 10.3. The lowest BCUT2D eigenvalue weighted by Crippen LogP contribution is -2.76. The number of carboxylic acid groups (broad SMARTS) is 1. The lowest BCUT2D eigenvalue weighted by Gasteiger charge is -2.54. The topological polar surface area (TPSA) is 114 Å². The van der Waals surface area contributed by atoms with Gasteiger partial charge in [0.25, 0.3) is 0 Å². The van der Waals surface area contributed by atoms with E-state index >= 15 is 0 Å². The van der Waals surface area contributed by atoms with Crippen molar-refractivity contribution in [3.63, 3.8) is 0 Å². The lowest BCUT2D eigenvalue weighted by molar-refractivity contribution is -0.188. The summed E-state index contributed by atoms with van der Waals surface area (Å²) in [6, 6.07) is 7.87. The van der Waals surface area contributed by atoms with Gasteiger partial charge in [-0.3, -0.25) is 14.4 Å². The Bertz CT molecular complexity index is 846. The van der Waals surface area contributed by atoms with E-state index in [4.69, 9.17) is 0 Å². The molecule has 0 saturated carbocycles. The van der Waals surface area contributed by atoms with E-state index in [0.717, 1.165) is 5.56 Å². The highest BCUT2D eigenvalue weighted by Gasteiger charge is 2.51. The maximum Gasteiger partial charge on any atom is 0.334 e. The average molecular weight is 431 g/mol. The maximum absolute atomic E-state index is 13.1. The van der Waals surface area contributed by atoms with Crippen molar-refractivity contribution >= 4 is 23.8 Å². The minimum atomic E-state index is -1.17. The van der Waals surface area contributed by atoms with Crippen LogP contribution in [0, 0.1) is 5.92 Å². The summed E-state index contributed by atoms with van der Waals surface area (Å²) in [5.74, 6) is -1.79. The first-order valence-electron chi connectivity index (χ1n) is 10.3. The Kier molecular flexibility index (Phi) is 6.79. The molecule has 1 aromatic carbocycles. The number of hydrazine groups is 1. The number of carbonyl (C=O) groups is 4. The normalized spacial score (nSPS) is 22.0. The van der Waals surface area contributed by atoms with E-state index in [-0.39, 0.29) is 24.9 Å². The van der Waals surface area contributed by atoms with Crippen LogP contribution in [0.2, 0.25) is 0 Å². The predicted octanol–water partition coefficient (Wildman–Crippen LogP) is 0.555. The Hall–Kier alpha value is -3.14. The number of amides is 4. The number of benzene rings is 1. The zero-order chi connectivity index (χ0) is 22.7. The van der Waals surface area contributed by atoms with Crippen molar-refractivity contribution in [2.75, 3.05) is 26.7 Å². The monoisotopic (exact) mass is 431 g/mol. The summed E-state index contributed by atoms with van der Waals surface area (Å²) in [5, 5.41) is 15.1. The fourth-order valence-corrected chi connectivity index (χ4v) is 4.13. The molecule has 1 aromatic rings. The zero-order valence-electron chi connectivity index (χ0n) is 18.0. The molecule has 0 aliphatic carbocycles. The summed E-state index contributed by atoms with van der Waals surface area (Å²) < 4.78 is 0. The molecule has 1 unspecified atom stereocenters. The van der Waals surface area contributed by atoms with E-state index in [0.29, 0.717) is 13.1 Å². The number of nitrogens with zero attached hydrogens (tertiary/aromatic N) is 4. The Morgan fingerprint density at radius 2 is 1.87 bits per heavy atom. The first-order chi connectivity index (χ1) is 14.7. The molecule has 10 nitrogen and oxygen atoms in total. The van der Waals surface area contributed by atoms with Gasteiger partial charge < -0.3 is 20.2 Å². The van der Waals surface area contributed by atoms with Crippen molar-refractivity contribution in [1.82, 2.24) is 25.1 Å². The highest BCUT2D eigenvalue weighted by Crippen LogP contribution is 2.27. The van der Waals surface area contributed by atoms with Gasteiger partial charge >= 0.3 is 12.0 Å². The van der Waals surface area contributed by atoms with E-state index in [9.17, 15) is 24.3 Å². The molecular formula is C21H29N5O5. The molecule has 2 atom stereocenters. The second kappa shape index (κ2) is 9.34. The third-order valence-corrected chi connectivity index (χ3v) is 5.39. The SMILES string of the molecule is CC(C)CN1C[C@H]2N(C(=O)CN(C)N2C(=O)NCc2ccccc2)C(CC(=O)O)C1=O. The summed E-state index contributed by atoms with van der Waals surface area (Å²) >= 11 is 0. The molecule has 0 bridgehead atoms. The van der Waals surface area contributed by atoms with Crippen LogP contribution < -0.4 is 5.32 Å². The van der Waals surface area contributed by atoms with Crippen LogP contribution in [0.3, 0.4) is 0 Å². The highest BCUT2D eigenvalue weighted by atomic mass is 16.4. The number of hydrogen-bond donors (Lipinski definition) is 2. The van der Waals surface area contributed by atoms with E-state index < -0.39 is 36.5 Å². The third kappa shape index (κ3) is 4.96. The number of piperazine rings is 1. The van der Waals surface area contributed by atoms with E-state index in [2.05, 4.69) is 5.32 Å². The fraction of sp³-hybridized carbons (Fsp3) is 0.524. The molecule has 2 fully saturated rings. The Morgan fingerprint density at radius 1 is 1.19 bits per heavy atom. The van der Waals surface area contributed by atoms with Gasteiger partial charge in [-0.05, 0) is 11.5 Å². The van der Waals surface area contributed by atoms with Crippen LogP contribution in [0.25, 0.3) is 0 Å². The van der Waals surface area contributed by atoms with Crippen molar-refractivity contribution < 1.29 is 24.3 Å². The Morgan fingerprint density at radius 3 is 2.48 bits per heavy atom. The van der Waals surface area contributed by atoms with Gasteiger partial charge in [0.15, 0.2) is 0 Å². The number of likely N-dealkylation sites (N-methyl/N-ethyl adjacent to an activating group) is 1. The number of rotatable bonds is 6. The summed E-state index contributed by atoms with van der Waals surface area (Å²) in [6.07, 6.45) is -1.28. The Balaban J connectivity index is 1.87. The zero-order valence-corrected chi connectivity index (χ0v) is 18.0. The van der Waals surface area contributed by atoms with Crippen LogP contribution >= 0.6 is 0 Å². The van der Waals surface area contributed by atoms with Crippen molar-refractivity contribution in [2.45, 2.75) is 39.0 Å². The maximum atomic E-state index is 13.1. The largest absolute Gasteiger partial charge is 0.481 e. The predicted molar refractivity (Wildman–Crippen MR) is 111 cm³/mol. The van der Waals surface area contributed by atoms with E-state index in [1.54, 1.807) is 11.9 Å². The van der Waals surface area contributed by atoms with Crippen molar-refractivity contribution in [3.8, 4) is 0 Å². The molecule has 168 valence electrons. The van der Waals surface area contributed by atoms with Gasteiger partial charge in [-0.25, -0.2) is 14.8 Å². The molecule has 4 amide bonds. The molecule has 10 heteroatoms. The number of carboxylic acids is 1. The van der Waals surface area contributed by atoms with Crippen LogP contribution in [-0.4, -0.2) is 87.6 Å². The highest BCUT2D eigenvalue weighted by molar-refractivity contribution is 5.93. The number of fused-ring (bicyclic) bond motifs is 1. The van der Waals surface area contributed by atoms with Gasteiger partial charge in [-0.15, -0.1) is 0 Å². The molecule has 2 N–H and O–H groups in total. The summed E-state index contributed by atoms with van der Waals surface area (Å²) in [5.41, 5.74) is 0.924. The molecule has 2 heterocycles. The number of urea groups is 1. The molecule has 2 aliphatic heterocycles. The van der Waals surface area contributed by atoms with Crippen LogP contribution in [0.15, 0.2) is 30.3 Å². The van der Waals surface area contributed by atoms with Crippen molar-refractivity contribution in [3.05, 3.63) is 35.9 Å². The van der Waals surface area contributed by atoms with Crippen molar-refractivity contribution in [1.29, 1.82) is 0 Å². The summed E-state index contributed by atoms with van der Waals surface area (Å²) in [7, 11) is 1.63. The number of nitrogens with one attached hydrogen (secondary N) is 1. The summed E-state index contributed by atoms with van der Waals surface area (Å²) in [4.78, 5) is 53.2. The van der Waals surface area contributed by atoms with Crippen LogP contribution in [0.1, 0.15) is 25.8 Å². The van der Waals surface area contributed by atoms with Gasteiger partial charge in [-0.1, -0.05) is 44.2 Å². The van der Waals surface area contributed by atoms with Gasteiger partial charge in [-0.2, -0.15) is 0 Å². The molecular weight excluding hydrogens is 402 g/mol. The second-order valence-electron chi connectivity index (χ2n) is 8.34. The fourth-order valence-electron chi connectivity index (χ4n) is 4.13. The minimum absolute atomic E-state index is 0.122. The molecule has 0 radical (unpaired) electrons. The second-order valence-corrected chi connectivity index (χ2v) is 8.34. The first kappa shape index (κ1) is 22.5.